The van der Waals surface area contributed by atoms with Crippen LogP contribution in [0.15, 0.2) is 86.2 Å². The fourth-order valence-corrected chi connectivity index (χ4v) is 6.60. The minimum absolute atomic E-state index is 0.192. The standard InChI is InChI=1S/C34H31BrN2O7S/c1-5-42-26-16-22(15-25(35)30(26)44-18-21-9-13-24(14-10-21)32(39)40)17-27-31(38)37-29(23-11-7-19(3)8-12-23)28(33(41)43-6-2)20(4)36-34(37)45-27/h7-17,29H,5-6,18H2,1-4H3,(H,39,40)/b27-17+/t29-/m0/s1. The first-order valence-electron chi connectivity index (χ1n) is 14.3. The molecule has 11 heteroatoms. The molecule has 0 unspecified atom stereocenters. The summed E-state index contributed by atoms with van der Waals surface area (Å²) in [6.07, 6.45) is 1.76. The van der Waals surface area contributed by atoms with E-state index in [0.29, 0.717) is 48.7 Å². The molecule has 1 N–H and O–H groups in total. The normalized spacial score (nSPS) is 14.5. The molecule has 2 heterocycles. The minimum Gasteiger partial charge on any atom is -0.490 e. The number of halogens is 1. The van der Waals surface area contributed by atoms with E-state index >= 15 is 0 Å². The Balaban J connectivity index is 1.54. The molecule has 0 fully saturated rings. The molecule has 232 valence electrons. The van der Waals surface area contributed by atoms with Gasteiger partial charge in [-0.15, -0.1) is 0 Å². The number of thiazole rings is 1. The van der Waals surface area contributed by atoms with Crippen LogP contribution in [0.25, 0.3) is 6.08 Å². The number of benzene rings is 3. The van der Waals surface area contributed by atoms with Gasteiger partial charge in [-0.05, 0) is 90.7 Å². The molecule has 1 aliphatic heterocycles. The number of aryl methyl sites for hydroxylation is 1. The largest absolute Gasteiger partial charge is 0.490 e. The number of aromatic carboxylic acids is 1. The van der Waals surface area contributed by atoms with Crippen molar-refractivity contribution in [2.75, 3.05) is 13.2 Å². The topological polar surface area (TPSA) is 116 Å². The Morgan fingerprint density at radius 3 is 2.38 bits per heavy atom. The fraction of sp³-hybridized carbons (Fsp3) is 0.235. The lowest BCUT2D eigenvalue weighted by Crippen LogP contribution is -2.39. The van der Waals surface area contributed by atoms with E-state index in [2.05, 4.69) is 20.9 Å². The van der Waals surface area contributed by atoms with E-state index in [1.165, 1.54) is 23.5 Å². The van der Waals surface area contributed by atoms with Gasteiger partial charge in [-0.3, -0.25) is 9.36 Å². The van der Waals surface area contributed by atoms with Crippen molar-refractivity contribution in [1.82, 2.24) is 4.57 Å². The summed E-state index contributed by atoms with van der Waals surface area (Å²) in [4.78, 5) is 43.4. The summed E-state index contributed by atoms with van der Waals surface area (Å²) in [6, 6.07) is 17.1. The van der Waals surface area contributed by atoms with E-state index in [9.17, 15) is 14.4 Å². The Labute approximate surface area is 271 Å². The van der Waals surface area contributed by atoms with Crippen LogP contribution in [0, 0.1) is 6.92 Å². The number of esters is 1. The number of aromatic nitrogens is 1. The number of hydrogen-bond acceptors (Lipinski definition) is 8. The van der Waals surface area contributed by atoms with Gasteiger partial charge in [0.15, 0.2) is 16.3 Å². The molecule has 1 aliphatic rings. The first-order chi connectivity index (χ1) is 21.6. The van der Waals surface area contributed by atoms with Gasteiger partial charge in [0.05, 0.1) is 45.1 Å². The van der Waals surface area contributed by atoms with Crippen molar-refractivity contribution >= 4 is 45.3 Å². The van der Waals surface area contributed by atoms with Crippen molar-refractivity contribution in [3.63, 3.8) is 0 Å². The van der Waals surface area contributed by atoms with Crippen LogP contribution in [0.5, 0.6) is 11.5 Å². The second kappa shape index (κ2) is 13.7. The highest BCUT2D eigenvalue weighted by molar-refractivity contribution is 9.10. The Hall–Kier alpha value is -4.48. The molecule has 9 nitrogen and oxygen atoms in total. The van der Waals surface area contributed by atoms with Gasteiger partial charge in [0, 0.05) is 0 Å². The van der Waals surface area contributed by atoms with Crippen molar-refractivity contribution in [3.8, 4) is 11.5 Å². The maximum absolute atomic E-state index is 14.0. The molecule has 0 aliphatic carbocycles. The van der Waals surface area contributed by atoms with E-state index in [1.54, 1.807) is 42.7 Å². The number of hydrogen-bond donors (Lipinski definition) is 1. The Morgan fingerprint density at radius 2 is 1.73 bits per heavy atom. The summed E-state index contributed by atoms with van der Waals surface area (Å²) >= 11 is 4.84. The molecule has 0 saturated carbocycles. The average molecular weight is 692 g/mol. The second-order valence-electron chi connectivity index (χ2n) is 10.3. The van der Waals surface area contributed by atoms with Gasteiger partial charge in [-0.1, -0.05) is 53.3 Å². The Kier molecular flexibility index (Phi) is 9.69. The molecule has 0 bridgehead atoms. The van der Waals surface area contributed by atoms with E-state index < -0.39 is 18.0 Å². The molecule has 1 atom stereocenters. The monoisotopic (exact) mass is 690 g/mol. The van der Waals surface area contributed by atoms with Crippen LogP contribution in [0.1, 0.15) is 59.4 Å². The van der Waals surface area contributed by atoms with Crippen LogP contribution in [0.4, 0.5) is 0 Å². The lowest BCUT2D eigenvalue weighted by Gasteiger charge is -2.24. The summed E-state index contributed by atoms with van der Waals surface area (Å²) in [5.41, 5.74) is 4.09. The smallest absolute Gasteiger partial charge is 0.338 e. The van der Waals surface area contributed by atoms with Gasteiger partial charge >= 0.3 is 11.9 Å². The molecular weight excluding hydrogens is 660 g/mol. The molecule has 4 aromatic rings. The zero-order chi connectivity index (χ0) is 32.2. The third-order valence-corrected chi connectivity index (χ3v) is 8.70. The van der Waals surface area contributed by atoms with E-state index in [-0.39, 0.29) is 24.3 Å². The lowest BCUT2D eigenvalue weighted by atomic mass is 9.95. The third kappa shape index (κ3) is 6.79. The molecule has 45 heavy (non-hydrogen) atoms. The summed E-state index contributed by atoms with van der Waals surface area (Å²) in [7, 11) is 0. The van der Waals surface area contributed by atoms with Gasteiger partial charge in [0.25, 0.3) is 5.56 Å². The van der Waals surface area contributed by atoms with Gasteiger partial charge in [0.1, 0.15) is 6.61 Å². The summed E-state index contributed by atoms with van der Waals surface area (Å²) < 4.78 is 20.0. The number of carboxylic acid groups (broad SMARTS) is 1. The highest BCUT2D eigenvalue weighted by Gasteiger charge is 2.33. The van der Waals surface area contributed by atoms with Crippen LogP contribution >= 0.6 is 27.3 Å². The number of nitrogens with zero attached hydrogens (tertiary/aromatic N) is 2. The summed E-state index contributed by atoms with van der Waals surface area (Å²) in [5, 5.41) is 9.15. The Morgan fingerprint density at radius 1 is 1.02 bits per heavy atom. The number of carbonyl (C=O) groups excluding carboxylic acids is 1. The summed E-state index contributed by atoms with van der Waals surface area (Å²) in [5.74, 6) is -0.540. The fourth-order valence-electron chi connectivity index (χ4n) is 4.98. The van der Waals surface area contributed by atoms with Crippen LogP contribution in [0.2, 0.25) is 0 Å². The van der Waals surface area contributed by atoms with Crippen LogP contribution in [-0.2, 0) is 16.1 Å². The molecule has 1 aromatic heterocycles. The van der Waals surface area contributed by atoms with Crippen molar-refractivity contribution in [1.29, 1.82) is 0 Å². The van der Waals surface area contributed by atoms with Crippen molar-refractivity contribution < 1.29 is 28.9 Å². The molecule has 0 spiro atoms. The van der Waals surface area contributed by atoms with Crippen molar-refractivity contribution in [3.05, 3.63) is 124 Å². The number of carbonyl (C=O) groups is 2. The number of ether oxygens (including phenoxy) is 3. The molecule has 5 rings (SSSR count). The number of fused-ring (bicyclic) bond motifs is 1. The maximum Gasteiger partial charge on any atom is 0.338 e. The second-order valence-corrected chi connectivity index (χ2v) is 12.1. The highest BCUT2D eigenvalue weighted by Crippen LogP contribution is 2.38. The van der Waals surface area contributed by atoms with Gasteiger partial charge in [0.2, 0.25) is 0 Å². The first-order valence-corrected chi connectivity index (χ1v) is 15.9. The van der Waals surface area contributed by atoms with Gasteiger partial charge < -0.3 is 19.3 Å². The maximum atomic E-state index is 14.0. The molecular formula is C34H31BrN2O7S. The van der Waals surface area contributed by atoms with Crippen LogP contribution < -0.4 is 24.4 Å². The van der Waals surface area contributed by atoms with E-state index in [1.807, 2.05) is 44.2 Å². The average Bonchev–Trinajstić information content (AvgIpc) is 3.30. The highest BCUT2D eigenvalue weighted by atomic mass is 79.9. The number of rotatable bonds is 10. The molecule has 0 saturated heterocycles. The quantitative estimate of drug-likeness (QED) is 0.217. The number of allylic oxidation sites excluding steroid dienone is 1. The van der Waals surface area contributed by atoms with Crippen LogP contribution in [-0.4, -0.2) is 34.8 Å². The molecule has 0 radical (unpaired) electrons. The van der Waals surface area contributed by atoms with Gasteiger partial charge in [-0.2, -0.15) is 0 Å². The van der Waals surface area contributed by atoms with Gasteiger partial charge in [-0.25, -0.2) is 14.6 Å². The minimum atomic E-state index is -0.993. The zero-order valence-electron chi connectivity index (χ0n) is 25.1. The zero-order valence-corrected chi connectivity index (χ0v) is 27.5. The van der Waals surface area contributed by atoms with Crippen LogP contribution in [0.3, 0.4) is 0 Å². The molecule has 3 aromatic carbocycles. The van der Waals surface area contributed by atoms with E-state index in [4.69, 9.17) is 19.3 Å². The SMILES string of the molecule is CCOC(=O)C1=C(C)N=c2s/c(=C/c3cc(Br)c(OCc4ccc(C(=O)O)cc4)c(OCC)c3)c(=O)n2[C@H]1c1ccc(C)cc1. The predicted molar refractivity (Wildman–Crippen MR) is 175 cm³/mol. The predicted octanol–water partition coefficient (Wildman–Crippen LogP) is 5.55. The molecule has 0 amide bonds. The number of carboxylic acids is 1. The Bertz CT molecular complexity index is 1980. The van der Waals surface area contributed by atoms with E-state index in [0.717, 1.165) is 16.7 Å². The first kappa shape index (κ1) is 31.9. The third-order valence-electron chi connectivity index (χ3n) is 7.12. The van der Waals surface area contributed by atoms with Crippen molar-refractivity contribution in [2.45, 2.75) is 40.3 Å². The lowest BCUT2D eigenvalue weighted by molar-refractivity contribution is -0.139. The van der Waals surface area contributed by atoms with Crippen molar-refractivity contribution in [2.24, 2.45) is 4.99 Å². The summed E-state index contributed by atoms with van der Waals surface area (Å²) in [6.45, 7) is 8.12.